The summed E-state index contributed by atoms with van der Waals surface area (Å²) in [7, 11) is 0. The minimum Gasteiger partial charge on any atom is -0.361 e. The Morgan fingerprint density at radius 3 is 2.35 bits per heavy atom. The second-order valence-corrected chi connectivity index (χ2v) is 5.84. The molecule has 1 N–H and O–H groups in total. The molecule has 108 valence electrons. The van der Waals surface area contributed by atoms with Crippen molar-refractivity contribution < 1.29 is 4.52 Å². The lowest BCUT2D eigenvalue weighted by molar-refractivity contribution is 0.389. The number of nitrogens with one attached hydrogen (secondary N) is 1. The highest BCUT2D eigenvalue weighted by Gasteiger charge is 2.18. The van der Waals surface area contributed by atoms with Crippen molar-refractivity contribution in [3.05, 3.63) is 50.8 Å². The van der Waals surface area contributed by atoms with Crippen molar-refractivity contribution >= 4 is 23.2 Å². The van der Waals surface area contributed by atoms with E-state index in [0.29, 0.717) is 10.0 Å². The molecule has 0 bridgehead atoms. The van der Waals surface area contributed by atoms with E-state index in [-0.39, 0.29) is 12.1 Å². The van der Waals surface area contributed by atoms with Crippen LogP contribution in [0.25, 0.3) is 0 Å². The molecule has 3 nitrogen and oxygen atoms in total. The fourth-order valence-corrected chi connectivity index (χ4v) is 2.75. The lowest BCUT2D eigenvalue weighted by Gasteiger charge is -2.20. The average molecular weight is 313 g/mol. The maximum atomic E-state index is 6.06. The van der Waals surface area contributed by atoms with Crippen molar-refractivity contribution in [1.82, 2.24) is 10.5 Å². The van der Waals surface area contributed by atoms with Gasteiger partial charge in [0.15, 0.2) is 0 Å². The molecule has 1 aromatic carbocycles. The number of hydrogen-bond acceptors (Lipinski definition) is 3. The van der Waals surface area contributed by atoms with E-state index >= 15 is 0 Å². The highest BCUT2D eigenvalue weighted by Crippen LogP contribution is 2.28. The van der Waals surface area contributed by atoms with Crippen LogP contribution in [0.5, 0.6) is 0 Å². The van der Waals surface area contributed by atoms with Crippen LogP contribution in [0.15, 0.2) is 22.7 Å². The van der Waals surface area contributed by atoms with E-state index in [1.165, 1.54) is 0 Å². The summed E-state index contributed by atoms with van der Waals surface area (Å²) in [4.78, 5) is 0. The zero-order valence-electron chi connectivity index (χ0n) is 12.0. The van der Waals surface area contributed by atoms with Crippen molar-refractivity contribution in [2.24, 2.45) is 0 Å². The minimum absolute atomic E-state index is 0.144. The molecule has 0 radical (unpaired) electrons. The zero-order valence-corrected chi connectivity index (χ0v) is 13.5. The molecule has 0 fully saturated rings. The van der Waals surface area contributed by atoms with Crippen LogP contribution in [0.2, 0.25) is 10.0 Å². The third kappa shape index (κ3) is 3.17. The van der Waals surface area contributed by atoms with Crippen LogP contribution >= 0.6 is 23.2 Å². The number of halogens is 2. The normalized spacial score (nSPS) is 14.3. The molecule has 0 aliphatic rings. The van der Waals surface area contributed by atoms with Gasteiger partial charge >= 0.3 is 0 Å². The Hall–Kier alpha value is -1.03. The molecule has 0 saturated heterocycles. The van der Waals surface area contributed by atoms with E-state index in [1.54, 1.807) is 0 Å². The summed E-state index contributed by atoms with van der Waals surface area (Å²) < 4.78 is 5.21. The first kappa shape index (κ1) is 15.4. The SMILES string of the molecule is Cc1noc(C)c1C(C)NC(C)c1ccc(Cl)c(Cl)c1. The van der Waals surface area contributed by atoms with Crippen LogP contribution in [0.4, 0.5) is 0 Å². The van der Waals surface area contributed by atoms with E-state index in [1.807, 2.05) is 32.0 Å². The van der Waals surface area contributed by atoms with Gasteiger partial charge < -0.3 is 9.84 Å². The summed E-state index contributed by atoms with van der Waals surface area (Å²) in [5, 5.41) is 8.66. The van der Waals surface area contributed by atoms with Crippen molar-refractivity contribution in [1.29, 1.82) is 0 Å². The van der Waals surface area contributed by atoms with Crippen molar-refractivity contribution in [3.8, 4) is 0 Å². The van der Waals surface area contributed by atoms with Gasteiger partial charge in [-0.15, -0.1) is 0 Å². The predicted octanol–water partition coefficient (Wildman–Crippen LogP) is 5.01. The Labute approximate surface area is 129 Å². The molecule has 20 heavy (non-hydrogen) atoms. The highest BCUT2D eigenvalue weighted by molar-refractivity contribution is 6.42. The second-order valence-electron chi connectivity index (χ2n) is 5.02. The Kier molecular flexibility index (Phi) is 4.74. The number of aromatic nitrogens is 1. The van der Waals surface area contributed by atoms with Gasteiger partial charge in [0.1, 0.15) is 5.76 Å². The molecule has 0 aliphatic heterocycles. The number of hydrogen-bond donors (Lipinski definition) is 1. The van der Waals surface area contributed by atoms with Crippen LogP contribution in [0.3, 0.4) is 0 Å². The fraction of sp³-hybridized carbons (Fsp3) is 0.400. The Morgan fingerprint density at radius 1 is 1.10 bits per heavy atom. The van der Waals surface area contributed by atoms with Gasteiger partial charge in [-0.3, -0.25) is 0 Å². The van der Waals surface area contributed by atoms with E-state index in [2.05, 4.69) is 24.3 Å². The molecule has 5 heteroatoms. The van der Waals surface area contributed by atoms with Gasteiger partial charge in [-0.1, -0.05) is 34.4 Å². The Bertz CT molecular complexity index is 590. The number of aryl methyl sites for hydroxylation is 2. The van der Waals surface area contributed by atoms with Crippen LogP contribution in [0.1, 0.15) is 48.5 Å². The predicted molar refractivity (Wildman–Crippen MR) is 82.4 cm³/mol. The minimum atomic E-state index is 0.144. The number of rotatable bonds is 4. The van der Waals surface area contributed by atoms with E-state index in [4.69, 9.17) is 27.7 Å². The zero-order chi connectivity index (χ0) is 14.9. The summed E-state index contributed by atoms with van der Waals surface area (Å²) in [5.41, 5.74) is 3.12. The molecule has 0 aliphatic carbocycles. The van der Waals surface area contributed by atoms with Gasteiger partial charge in [-0.05, 0) is 45.4 Å². The molecule has 2 rings (SSSR count). The van der Waals surface area contributed by atoms with Gasteiger partial charge in [-0.2, -0.15) is 0 Å². The average Bonchev–Trinajstić information content (AvgIpc) is 2.72. The van der Waals surface area contributed by atoms with Gasteiger partial charge in [0.05, 0.1) is 15.7 Å². The summed E-state index contributed by atoms with van der Waals surface area (Å²) >= 11 is 12.0. The van der Waals surface area contributed by atoms with Crippen molar-refractivity contribution in [2.75, 3.05) is 0 Å². The molecule has 0 spiro atoms. The van der Waals surface area contributed by atoms with E-state index < -0.39 is 0 Å². The molecule has 2 unspecified atom stereocenters. The van der Waals surface area contributed by atoms with Crippen LogP contribution in [-0.4, -0.2) is 5.16 Å². The summed E-state index contributed by atoms with van der Waals surface area (Å²) in [6.45, 7) is 8.07. The van der Waals surface area contributed by atoms with Crippen LogP contribution in [0, 0.1) is 13.8 Å². The quantitative estimate of drug-likeness (QED) is 0.862. The molecule has 2 aromatic rings. The fourth-order valence-electron chi connectivity index (χ4n) is 2.44. The summed E-state index contributed by atoms with van der Waals surface area (Å²) in [6.07, 6.45) is 0. The first-order valence-corrected chi connectivity index (χ1v) is 7.29. The monoisotopic (exact) mass is 312 g/mol. The number of nitrogens with zero attached hydrogens (tertiary/aromatic N) is 1. The molecule has 1 heterocycles. The smallest absolute Gasteiger partial charge is 0.138 e. The van der Waals surface area contributed by atoms with Gasteiger partial charge in [0, 0.05) is 17.6 Å². The van der Waals surface area contributed by atoms with E-state index in [0.717, 1.165) is 22.6 Å². The maximum Gasteiger partial charge on any atom is 0.138 e. The van der Waals surface area contributed by atoms with Crippen molar-refractivity contribution in [2.45, 2.75) is 39.8 Å². The second kappa shape index (κ2) is 6.17. The first-order valence-electron chi connectivity index (χ1n) is 6.54. The standard InChI is InChI=1S/C15H18Cl2N2O/c1-8(12-5-6-13(16)14(17)7-12)18-9(2)15-10(3)19-20-11(15)4/h5-9,18H,1-4H3. The van der Waals surface area contributed by atoms with Gasteiger partial charge in [0.25, 0.3) is 0 Å². The van der Waals surface area contributed by atoms with E-state index in [9.17, 15) is 0 Å². The first-order chi connectivity index (χ1) is 9.40. The molecular weight excluding hydrogens is 295 g/mol. The van der Waals surface area contributed by atoms with Crippen LogP contribution in [-0.2, 0) is 0 Å². The Morgan fingerprint density at radius 2 is 1.80 bits per heavy atom. The third-order valence-corrected chi connectivity index (χ3v) is 4.20. The van der Waals surface area contributed by atoms with Crippen LogP contribution < -0.4 is 5.32 Å². The van der Waals surface area contributed by atoms with Crippen molar-refractivity contribution in [3.63, 3.8) is 0 Å². The number of benzene rings is 1. The van der Waals surface area contributed by atoms with Gasteiger partial charge in [-0.25, -0.2) is 0 Å². The lowest BCUT2D eigenvalue weighted by Crippen LogP contribution is -2.23. The maximum absolute atomic E-state index is 6.06. The van der Waals surface area contributed by atoms with Gasteiger partial charge in [0.2, 0.25) is 0 Å². The molecular formula is C15H18Cl2N2O. The lowest BCUT2D eigenvalue weighted by atomic mass is 10.0. The molecule has 1 aromatic heterocycles. The highest BCUT2D eigenvalue weighted by atomic mass is 35.5. The largest absolute Gasteiger partial charge is 0.361 e. The summed E-state index contributed by atoms with van der Waals surface area (Å²) in [6, 6.07) is 5.98. The molecule has 0 saturated carbocycles. The summed E-state index contributed by atoms with van der Waals surface area (Å²) in [5.74, 6) is 0.851. The molecule has 0 amide bonds. The molecule has 2 atom stereocenters. The third-order valence-electron chi connectivity index (χ3n) is 3.47. The topological polar surface area (TPSA) is 38.1 Å². The Balaban J connectivity index is 2.15.